The third-order valence-electron chi connectivity index (χ3n) is 3.61. The molecule has 5 nitrogen and oxygen atoms in total. The summed E-state index contributed by atoms with van der Waals surface area (Å²) in [6.45, 7) is 0. The van der Waals surface area contributed by atoms with Crippen LogP contribution in [0.1, 0.15) is 36.0 Å². The Hall–Kier alpha value is -1.88. The highest BCUT2D eigenvalue weighted by molar-refractivity contribution is 6.03. The molecule has 2 atom stereocenters. The number of carbonyl (C=O) groups is 2. The Kier molecular flexibility index (Phi) is 4.16. The Labute approximate surface area is 112 Å². The number of anilines is 1. The topological polar surface area (TPSA) is 98.2 Å². The molecule has 2 rings (SSSR count). The van der Waals surface area contributed by atoms with Crippen molar-refractivity contribution in [2.24, 2.45) is 17.4 Å². The van der Waals surface area contributed by atoms with Crippen molar-refractivity contribution in [1.82, 2.24) is 0 Å². The molecular weight excluding hydrogens is 242 g/mol. The Bertz CT molecular complexity index is 487. The molecule has 0 heterocycles. The standard InChI is InChI=1S/C14H19N3O2/c15-11-7-3-1-5-9(11)14(19)17-12-8-4-2-6-10(12)13(16)18/h2,4,6,8-9,11H,1,3,5,7,15H2,(H2,16,18)(H,17,19). The first-order chi connectivity index (χ1) is 9.09. The lowest BCUT2D eigenvalue weighted by atomic mass is 9.84. The summed E-state index contributed by atoms with van der Waals surface area (Å²) in [5, 5.41) is 2.77. The molecule has 1 saturated carbocycles. The van der Waals surface area contributed by atoms with Gasteiger partial charge in [-0.1, -0.05) is 25.0 Å². The minimum Gasteiger partial charge on any atom is -0.366 e. The van der Waals surface area contributed by atoms with E-state index in [1.165, 1.54) is 0 Å². The maximum atomic E-state index is 12.2. The average molecular weight is 261 g/mol. The van der Waals surface area contributed by atoms with Gasteiger partial charge in [0.2, 0.25) is 5.91 Å². The maximum absolute atomic E-state index is 12.2. The molecule has 102 valence electrons. The number of nitrogens with one attached hydrogen (secondary N) is 1. The number of rotatable bonds is 3. The van der Waals surface area contributed by atoms with Crippen molar-refractivity contribution in [2.75, 3.05) is 5.32 Å². The zero-order chi connectivity index (χ0) is 13.8. The predicted molar refractivity (Wildman–Crippen MR) is 73.5 cm³/mol. The minimum atomic E-state index is -0.552. The fraction of sp³-hybridized carbons (Fsp3) is 0.429. The van der Waals surface area contributed by atoms with E-state index in [9.17, 15) is 9.59 Å². The molecular formula is C14H19N3O2. The maximum Gasteiger partial charge on any atom is 0.250 e. The molecule has 2 amide bonds. The van der Waals surface area contributed by atoms with Crippen molar-refractivity contribution in [2.45, 2.75) is 31.7 Å². The second-order valence-corrected chi connectivity index (χ2v) is 4.95. The normalized spacial score (nSPS) is 22.8. The van der Waals surface area contributed by atoms with Crippen LogP contribution < -0.4 is 16.8 Å². The number of nitrogens with two attached hydrogens (primary N) is 2. The van der Waals surface area contributed by atoms with Crippen LogP contribution in [0.15, 0.2) is 24.3 Å². The van der Waals surface area contributed by atoms with Gasteiger partial charge in [0.25, 0.3) is 5.91 Å². The van der Waals surface area contributed by atoms with Crippen molar-refractivity contribution in [3.05, 3.63) is 29.8 Å². The molecule has 1 aromatic carbocycles. The van der Waals surface area contributed by atoms with Crippen LogP contribution in [0.5, 0.6) is 0 Å². The molecule has 0 radical (unpaired) electrons. The van der Waals surface area contributed by atoms with E-state index < -0.39 is 5.91 Å². The largest absolute Gasteiger partial charge is 0.366 e. The minimum absolute atomic E-state index is 0.102. The van der Waals surface area contributed by atoms with Gasteiger partial charge in [-0.25, -0.2) is 0 Å². The van der Waals surface area contributed by atoms with Gasteiger partial charge in [0, 0.05) is 6.04 Å². The fourth-order valence-corrected chi connectivity index (χ4v) is 2.52. The van der Waals surface area contributed by atoms with E-state index in [-0.39, 0.29) is 17.9 Å². The Balaban J connectivity index is 2.12. The van der Waals surface area contributed by atoms with E-state index >= 15 is 0 Å². The molecule has 1 fully saturated rings. The van der Waals surface area contributed by atoms with Gasteiger partial charge in [-0.2, -0.15) is 0 Å². The van der Waals surface area contributed by atoms with Crippen LogP contribution in [0.25, 0.3) is 0 Å². The van der Waals surface area contributed by atoms with E-state index in [4.69, 9.17) is 11.5 Å². The van der Waals surface area contributed by atoms with E-state index in [1.807, 2.05) is 0 Å². The summed E-state index contributed by atoms with van der Waals surface area (Å²) in [6.07, 6.45) is 3.76. The van der Waals surface area contributed by atoms with Gasteiger partial charge in [0.1, 0.15) is 0 Å². The lowest BCUT2D eigenvalue weighted by molar-refractivity contribution is -0.121. The molecule has 0 saturated heterocycles. The van der Waals surface area contributed by atoms with Crippen LogP contribution in [-0.4, -0.2) is 17.9 Å². The van der Waals surface area contributed by atoms with Gasteiger partial charge >= 0.3 is 0 Å². The third kappa shape index (κ3) is 3.12. The number of carbonyl (C=O) groups excluding carboxylic acids is 2. The highest BCUT2D eigenvalue weighted by Crippen LogP contribution is 2.25. The quantitative estimate of drug-likeness (QED) is 0.763. The molecule has 1 aliphatic rings. The van der Waals surface area contributed by atoms with Gasteiger partial charge in [0.15, 0.2) is 0 Å². The Morgan fingerprint density at radius 2 is 1.84 bits per heavy atom. The lowest BCUT2D eigenvalue weighted by Crippen LogP contribution is -2.41. The van der Waals surface area contributed by atoms with Crippen molar-refractivity contribution in [1.29, 1.82) is 0 Å². The van der Waals surface area contributed by atoms with E-state index in [2.05, 4.69) is 5.32 Å². The van der Waals surface area contributed by atoms with E-state index in [0.717, 1.165) is 25.7 Å². The summed E-state index contributed by atoms with van der Waals surface area (Å²) in [6, 6.07) is 6.63. The zero-order valence-electron chi connectivity index (χ0n) is 10.8. The third-order valence-corrected chi connectivity index (χ3v) is 3.61. The fourth-order valence-electron chi connectivity index (χ4n) is 2.52. The van der Waals surface area contributed by atoms with Gasteiger partial charge in [-0.15, -0.1) is 0 Å². The Morgan fingerprint density at radius 1 is 1.16 bits per heavy atom. The number of para-hydroxylation sites is 1. The number of benzene rings is 1. The molecule has 19 heavy (non-hydrogen) atoms. The summed E-state index contributed by atoms with van der Waals surface area (Å²) in [5.74, 6) is -0.862. The van der Waals surface area contributed by atoms with Crippen LogP contribution in [0.2, 0.25) is 0 Å². The lowest BCUT2D eigenvalue weighted by Gasteiger charge is -2.27. The van der Waals surface area contributed by atoms with E-state index in [0.29, 0.717) is 11.3 Å². The predicted octanol–water partition coefficient (Wildman–Crippen LogP) is 1.24. The monoisotopic (exact) mass is 261 g/mol. The first-order valence-electron chi connectivity index (χ1n) is 6.55. The van der Waals surface area contributed by atoms with Crippen molar-refractivity contribution in [3.8, 4) is 0 Å². The highest BCUT2D eigenvalue weighted by Gasteiger charge is 2.28. The summed E-state index contributed by atoms with van der Waals surface area (Å²) >= 11 is 0. The number of amides is 2. The second-order valence-electron chi connectivity index (χ2n) is 4.95. The number of hydrogen-bond donors (Lipinski definition) is 3. The average Bonchev–Trinajstić information content (AvgIpc) is 2.39. The summed E-state index contributed by atoms with van der Waals surface area (Å²) in [4.78, 5) is 23.5. The molecule has 1 aromatic rings. The van der Waals surface area contributed by atoms with Crippen molar-refractivity contribution in [3.63, 3.8) is 0 Å². The number of primary amides is 1. The summed E-state index contributed by atoms with van der Waals surface area (Å²) < 4.78 is 0. The van der Waals surface area contributed by atoms with Crippen LogP contribution >= 0.6 is 0 Å². The molecule has 1 aliphatic carbocycles. The number of hydrogen-bond acceptors (Lipinski definition) is 3. The van der Waals surface area contributed by atoms with Crippen molar-refractivity contribution < 1.29 is 9.59 Å². The van der Waals surface area contributed by atoms with E-state index in [1.54, 1.807) is 24.3 Å². The SMILES string of the molecule is NC(=O)c1ccccc1NC(=O)C1CCCCC1N. The molecule has 5 heteroatoms. The zero-order valence-corrected chi connectivity index (χ0v) is 10.8. The smallest absolute Gasteiger partial charge is 0.250 e. The molecule has 5 N–H and O–H groups in total. The molecule has 0 bridgehead atoms. The second kappa shape index (κ2) is 5.84. The molecule has 2 unspecified atom stereocenters. The molecule has 0 spiro atoms. The van der Waals surface area contributed by atoms with Crippen LogP contribution in [0.3, 0.4) is 0 Å². The first kappa shape index (κ1) is 13.5. The van der Waals surface area contributed by atoms with Gasteiger partial charge in [0.05, 0.1) is 17.2 Å². The van der Waals surface area contributed by atoms with Gasteiger partial charge < -0.3 is 16.8 Å². The van der Waals surface area contributed by atoms with Gasteiger partial charge in [-0.05, 0) is 25.0 Å². The van der Waals surface area contributed by atoms with Crippen molar-refractivity contribution >= 4 is 17.5 Å². The Morgan fingerprint density at radius 3 is 2.53 bits per heavy atom. The van der Waals surface area contributed by atoms with Crippen LogP contribution in [0, 0.1) is 5.92 Å². The molecule has 0 aliphatic heterocycles. The van der Waals surface area contributed by atoms with Crippen LogP contribution in [-0.2, 0) is 4.79 Å². The van der Waals surface area contributed by atoms with Crippen LogP contribution in [0.4, 0.5) is 5.69 Å². The summed E-state index contributed by atoms with van der Waals surface area (Å²) in [5.41, 5.74) is 12.0. The van der Waals surface area contributed by atoms with Gasteiger partial charge in [-0.3, -0.25) is 9.59 Å². The summed E-state index contributed by atoms with van der Waals surface area (Å²) in [7, 11) is 0. The highest BCUT2D eigenvalue weighted by atomic mass is 16.2. The first-order valence-corrected chi connectivity index (χ1v) is 6.55. The molecule has 0 aromatic heterocycles.